The Labute approximate surface area is 194 Å². The molecule has 0 saturated heterocycles. The van der Waals surface area contributed by atoms with Gasteiger partial charge in [0, 0.05) is 37.5 Å². The van der Waals surface area contributed by atoms with Crippen molar-refractivity contribution < 1.29 is 4.79 Å². The van der Waals surface area contributed by atoms with Gasteiger partial charge in [-0.25, -0.2) is 0 Å². The fourth-order valence-corrected chi connectivity index (χ4v) is 5.84. The first-order valence-corrected chi connectivity index (χ1v) is 12.2. The molecule has 0 atom stereocenters. The summed E-state index contributed by atoms with van der Waals surface area (Å²) in [5.41, 5.74) is 4.69. The van der Waals surface area contributed by atoms with Gasteiger partial charge in [0.1, 0.15) is 11.5 Å². The van der Waals surface area contributed by atoms with Crippen LogP contribution in [0.5, 0.6) is 0 Å². The van der Waals surface area contributed by atoms with Gasteiger partial charge in [-0.05, 0) is 62.9 Å². The van der Waals surface area contributed by atoms with Crippen LogP contribution in [0.25, 0.3) is 0 Å². The smallest absolute Gasteiger partial charge is 0.138 e. The summed E-state index contributed by atoms with van der Waals surface area (Å²) in [7, 11) is 1.78. The topological polar surface area (TPSA) is 53.8 Å². The van der Waals surface area contributed by atoms with Gasteiger partial charge < -0.3 is 5.32 Å². The third kappa shape index (κ3) is 5.58. The molecule has 0 heterocycles. The van der Waals surface area contributed by atoms with Crippen molar-refractivity contribution in [1.29, 1.82) is 0 Å². The zero-order valence-electron chi connectivity index (χ0n) is 20.0. The molecule has 3 saturated carbocycles. The molecule has 0 aromatic rings. The molecule has 0 amide bonds. The Hall–Kier alpha value is -1.68. The van der Waals surface area contributed by atoms with E-state index in [1.54, 1.807) is 13.2 Å². The molecule has 0 spiro atoms. The van der Waals surface area contributed by atoms with E-state index in [0.717, 1.165) is 79.8 Å². The van der Waals surface area contributed by atoms with Crippen LogP contribution in [-0.2, 0) is 4.79 Å². The monoisotopic (exact) mass is 445 g/mol. The number of nitrogens with one attached hydrogen (secondary N) is 1. The standard InChI is InChI=1S/C26H40ClN3O/c1-7-21(17-27)19(4)23(28-6)24(29-9-3)20(5)30-18-25-11-10-12-26(15-13-25,16-14-25)22(31)8-2/h9,30H,3,5,7-8,10-18H2,1-2,4,6H3/b21-19+,28-23?,29-24?. The van der Waals surface area contributed by atoms with Crippen LogP contribution in [-0.4, -0.2) is 36.7 Å². The van der Waals surface area contributed by atoms with Crippen molar-refractivity contribution in [2.45, 2.75) is 78.6 Å². The molecule has 3 fully saturated rings. The minimum atomic E-state index is -0.0523. The quantitative estimate of drug-likeness (QED) is 0.294. The average Bonchev–Trinajstić information content (AvgIpc) is 3.09. The van der Waals surface area contributed by atoms with Crippen LogP contribution in [0.1, 0.15) is 78.6 Å². The Kier molecular flexibility index (Phi) is 9.29. The van der Waals surface area contributed by atoms with Crippen molar-refractivity contribution in [3.05, 3.63) is 36.2 Å². The van der Waals surface area contributed by atoms with Crippen LogP contribution >= 0.6 is 11.6 Å². The number of Topliss-reactive ketones (excluding diaryl/α,β-unsaturated/α-hetero) is 1. The highest BCUT2D eigenvalue weighted by molar-refractivity contribution is 6.53. The molecular weight excluding hydrogens is 406 g/mol. The van der Waals surface area contributed by atoms with E-state index in [1.165, 1.54) is 6.42 Å². The van der Waals surface area contributed by atoms with E-state index in [1.807, 2.05) is 13.8 Å². The molecule has 5 heteroatoms. The number of carbonyl (C=O) groups is 1. The lowest BCUT2D eigenvalue weighted by Crippen LogP contribution is -2.42. The zero-order valence-corrected chi connectivity index (χ0v) is 20.7. The number of allylic oxidation sites excluding steroid dienone is 3. The number of rotatable bonds is 11. The number of alkyl halides is 1. The van der Waals surface area contributed by atoms with Crippen molar-refractivity contribution in [2.24, 2.45) is 20.8 Å². The molecule has 3 aliphatic rings. The second kappa shape index (κ2) is 11.3. The first-order valence-electron chi connectivity index (χ1n) is 11.7. The molecule has 4 nitrogen and oxygen atoms in total. The summed E-state index contributed by atoms with van der Waals surface area (Å²) in [6.07, 6.45) is 10.7. The highest BCUT2D eigenvalue weighted by atomic mass is 35.5. The predicted octanol–water partition coefficient (Wildman–Crippen LogP) is 6.42. The first kappa shape index (κ1) is 25.6. The lowest BCUT2D eigenvalue weighted by atomic mass is 9.63. The summed E-state index contributed by atoms with van der Waals surface area (Å²) in [6.45, 7) is 15.1. The number of nitrogens with zero attached hydrogens (tertiary/aromatic N) is 2. The van der Waals surface area contributed by atoms with E-state index in [0.29, 0.717) is 18.1 Å². The summed E-state index contributed by atoms with van der Waals surface area (Å²) < 4.78 is 0. The van der Waals surface area contributed by atoms with Crippen LogP contribution in [0.15, 0.2) is 46.2 Å². The second-order valence-corrected chi connectivity index (χ2v) is 9.46. The Morgan fingerprint density at radius 3 is 2.29 bits per heavy atom. The van der Waals surface area contributed by atoms with Crippen LogP contribution in [0.3, 0.4) is 0 Å². The van der Waals surface area contributed by atoms with Gasteiger partial charge in [-0.15, -0.1) is 11.6 Å². The van der Waals surface area contributed by atoms with Gasteiger partial charge in [-0.3, -0.25) is 14.8 Å². The number of aliphatic imine (C=N–C) groups is 2. The Bertz CT molecular complexity index is 776. The van der Waals surface area contributed by atoms with Gasteiger partial charge in [0.05, 0.1) is 11.4 Å². The molecule has 0 aliphatic heterocycles. The number of halogens is 1. The van der Waals surface area contributed by atoms with E-state index in [4.69, 9.17) is 11.6 Å². The van der Waals surface area contributed by atoms with Crippen molar-refractivity contribution in [1.82, 2.24) is 5.32 Å². The van der Waals surface area contributed by atoms with Crippen molar-refractivity contribution in [3.63, 3.8) is 0 Å². The van der Waals surface area contributed by atoms with Crippen molar-refractivity contribution in [2.75, 3.05) is 19.5 Å². The number of carbonyl (C=O) groups excluding carboxylic acids is 1. The van der Waals surface area contributed by atoms with Crippen LogP contribution in [0.2, 0.25) is 0 Å². The largest absolute Gasteiger partial charge is 0.383 e. The van der Waals surface area contributed by atoms with E-state index >= 15 is 0 Å². The second-order valence-electron chi connectivity index (χ2n) is 9.19. The highest BCUT2D eigenvalue weighted by Gasteiger charge is 2.48. The SMILES string of the molecule is C=CN=C(C(=C)NCC12CCCC(C(=O)CC)(CC1)CC2)C(=NC)/C(C)=C(\CC)CCl. The minimum absolute atomic E-state index is 0.0523. The Morgan fingerprint density at radius 2 is 1.77 bits per heavy atom. The number of ketones is 1. The van der Waals surface area contributed by atoms with Crippen molar-refractivity contribution >= 4 is 28.8 Å². The molecule has 172 valence electrons. The van der Waals surface area contributed by atoms with Gasteiger partial charge in [-0.1, -0.05) is 39.0 Å². The van der Waals surface area contributed by atoms with E-state index in [-0.39, 0.29) is 10.8 Å². The highest BCUT2D eigenvalue weighted by Crippen LogP contribution is 2.54. The Balaban J connectivity index is 2.16. The van der Waals surface area contributed by atoms with Gasteiger partial charge in [-0.2, -0.15) is 0 Å². The van der Waals surface area contributed by atoms with Crippen LogP contribution < -0.4 is 5.32 Å². The third-order valence-electron chi connectivity index (χ3n) is 7.65. The molecule has 0 aromatic carbocycles. The fourth-order valence-electron chi connectivity index (χ4n) is 5.45. The maximum atomic E-state index is 12.6. The predicted molar refractivity (Wildman–Crippen MR) is 134 cm³/mol. The number of fused-ring (bicyclic) bond motifs is 4. The zero-order chi connectivity index (χ0) is 23.1. The summed E-state index contributed by atoms with van der Waals surface area (Å²) in [5.74, 6) is 0.946. The molecule has 3 aliphatic carbocycles. The van der Waals surface area contributed by atoms with Crippen LogP contribution in [0.4, 0.5) is 0 Å². The van der Waals surface area contributed by atoms with Gasteiger partial charge in [0.15, 0.2) is 0 Å². The maximum Gasteiger partial charge on any atom is 0.138 e. The van der Waals surface area contributed by atoms with Crippen LogP contribution in [0, 0.1) is 10.8 Å². The molecule has 0 aromatic heterocycles. The summed E-state index contributed by atoms with van der Waals surface area (Å²) >= 11 is 6.15. The van der Waals surface area contributed by atoms with Gasteiger partial charge in [0.2, 0.25) is 0 Å². The Morgan fingerprint density at radius 1 is 1.10 bits per heavy atom. The fraction of sp³-hybridized carbons (Fsp3) is 0.654. The van der Waals surface area contributed by atoms with Gasteiger partial charge >= 0.3 is 0 Å². The van der Waals surface area contributed by atoms with Crippen molar-refractivity contribution in [3.8, 4) is 0 Å². The van der Waals surface area contributed by atoms with E-state index in [2.05, 4.69) is 35.4 Å². The van der Waals surface area contributed by atoms with Gasteiger partial charge in [0.25, 0.3) is 0 Å². The molecule has 1 N–H and O–H groups in total. The normalized spacial score (nSPS) is 27.4. The molecule has 0 radical (unpaired) electrons. The molecular formula is C26H40ClN3O. The summed E-state index contributed by atoms with van der Waals surface area (Å²) in [6, 6.07) is 0. The lowest BCUT2D eigenvalue weighted by Gasteiger charge is -2.42. The minimum Gasteiger partial charge on any atom is -0.383 e. The first-order chi connectivity index (χ1) is 14.8. The number of hydrogen-bond donors (Lipinski definition) is 1. The third-order valence-corrected chi connectivity index (χ3v) is 7.97. The molecule has 3 rings (SSSR count). The number of hydrogen-bond acceptors (Lipinski definition) is 4. The molecule has 0 unspecified atom stereocenters. The average molecular weight is 446 g/mol. The summed E-state index contributed by atoms with van der Waals surface area (Å²) in [4.78, 5) is 21.7. The molecule has 31 heavy (non-hydrogen) atoms. The lowest BCUT2D eigenvalue weighted by molar-refractivity contribution is -0.131. The maximum absolute atomic E-state index is 12.6. The van der Waals surface area contributed by atoms with E-state index in [9.17, 15) is 4.79 Å². The summed E-state index contributed by atoms with van der Waals surface area (Å²) in [5, 5.41) is 3.59. The molecule has 2 bridgehead atoms. The van der Waals surface area contributed by atoms with E-state index < -0.39 is 0 Å².